The molecule has 1 nitrogen and oxygen atoms in total. The summed E-state index contributed by atoms with van der Waals surface area (Å²) < 4.78 is 0. The number of Topliss-reactive ketones (excluding diaryl/α,β-unsaturated/α-hetero) is 1. The zero-order valence-electron chi connectivity index (χ0n) is 7.89. The Morgan fingerprint density at radius 2 is 2.25 bits per heavy atom. The van der Waals surface area contributed by atoms with Gasteiger partial charge in [0, 0.05) is 11.8 Å². The molecule has 0 N–H and O–H groups in total. The van der Waals surface area contributed by atoms with Crippen LogP contribution in [0.3, 0.4) is 0 Å². The van der Waals surface area contributed by atoms with Crippen molar-refractivity contribution in [2.45, 2.75) is 33.1 Å². The molecule has 2 saturated carbocycles. The van der Waals surface area contributed by atoms with E-state index < -0.39 is 0 Å². The van der Waals surface area contributed by atoms with Crippen LogP contribution in [-0.4, -0.2) is 5.78 Å². The third kappa shape index (κ3) is 0.769. The summed E-state index contributed by atoms with van der Waals surface area (Å²) in [6.07, 6.45) is 3.00. The third-order valence-electron chi connectivity index (χ3n) is 3.92. The molecule has 66 valence electrons. The second-order valence-corrected chi connectivity index (χ2v) is 4.61. The molecule has 0 spiro atoms. The first kappa shape index (κ1) is 8.03. The lowest BCUT2D eigenvalue weighted by atomic mass is 9.69. The van der Waals surface area contributed by atoms with Crippen LogP contribution in [0.15, 0.2) is 12.2 Å². The van der Waals surface area contributed by atoms with Crippen molar-refractivity contribution >= 4 is 5.78 Å². The van der Waals surface area contributed by atoms with Gasteiger partial charge in [0.15, 0.2) is 0 Å². The van der Waals surface area contributed by atoms with Gasteiger partial charge in [-0.3, -0.25) is 4.79 Å². The van der Waals surface area contributed by atoms with Crippen LogP contribution in [0.4, 0.5) is 0 Å². The summed E-state index contributed by atoms with van der Waals surface area (Å²) in [6, 6.07) is 0. The average Bonchev–Trinajstić information content (AvgIpc) is 2.23. The second kappa shape index (κ2) is 2.21. The van der Waals surface area contributed by atoms with Crippen LogP contribution < -0.4 is 0 Å². The smallest absolute Gasteiger partial charge is 0.143 e. The fourth-order valence-corrected chi connectivity index (χ4v) is 2.79. The van der Waals surface area contributed by atoms with Crippen LogP contribution in [0.5, 0.6) is 0 Å². The van der Waals surface area contributed by atoms with Crippen LogP contribution in [0, 0.1) is 17.3 Å². The standard InChI is InChI=1S/C11H16O/c1-7-6-10(12)11(3)5-4-9(7)8(11)2/h7,9H,2,4-6H2,1,3H3. The van der Waals surface area contributed by atoms with Crippen molar-refractivity contribution in [3.63, 3.8) is 0 Å². The van der Waals surface area contributed by atoms with Gasteiger partial charge in [0.25, 0.3) is 0 Å². The molecular formula is C11H16O. The molecule has 2 bridgehead atoms. The summed E-state index contributed by atoms with van der Waals surface area (Å²) >= 11 is 0. The summed E-state index contributed by atoms with van der Waals surface area (Å²) in [5.41, 5.74) is 1.07. The molecule has 3 atom stereocenters. The van der Waals surface area contributed by atoms with E-state index in [9.17, 15) is 4.79 Å². The Morgan fingerprint density at radius 3 is 2.92 bits per heavy atom. The van der Waals surface area contributed by atoms with Gasteiger partial charge in [-0.05, 0) is 31.6 Å². The highest BCUT2D eigenvalue weighted by atomic mass is 16.1. The van der Waals surface area contributed by atoms with Gasteiger partial charge >= 0.3 is 0 Å². The predicted octanol–water partition coefficient (Wildman–Crippen LogP) is 2.57. The van der Waals surface area contributed by atoms with E-state index in [4.69, 9.17) is 0 Å². The van der Waals surface area contributed by atoms with Gasteiger partial charge in [-0.1, -0.05) is 19.1 Å². The first-order valence-corrected chi connectivity index (χ1v) is 4.78. The maximum Gasteiger partial charge on any atom is 0.143 e. The van der Waals surface area contributed by atoms with E-state index in [1.165, 1.54) is 12.0 Å². The molecule has 3 unspecified atom stereocenters. The molecule has 2 aliphatic carbocycles. The minimum absolute atomic E-state index is 0.142. The van der Waals surface area contributed by atoms with Crippen LogP contribution in [0.1, 0.15) is 33.1 Å². The van der Waals surface area contributed by atoms with Gasteiger partial charge < -0.3 is 0 Å². The summed E-state index contributed by atoms with van der Waals surface area (Å²) in [6.45, 7) is 8.34. The number of allylic oxidation sites excluding steroid dienone is 1. The van der Waals surface area contributed by atoms with Gasteiger partial charge in [-0.15, -0.1) is 0 Å². The molecule has 0 heterocycles. The lowest BCUT2D eigenvalue weighted by Crippen LogP contribution is -2.34. The summed E-state index contributed by atoms with van der Waals surface area (Å²) in [5.74, 6) is 1.60. The number of carbonyl (C=O) groups excluding carboxylic acids is 1. The number of carbonyl (C=O) groups is 1. The fraction of sp³-hybridized carbons (Fsp3) is 0.727. The molecule has 2 fully saturated rings. The normalized spacial score (nSPS) is 46.8. The Balaban J connectivity index is 2.41. The molecule has 12 heavy (non-hydrogen) atoms. The van der Waals surface area contributed by atoms with Crippen LogP contribution in [-0.2, 0) is 4.79 Å². The molecule has 1 heteroatoms. The van der Waals surface area contributed by atoms with Gasteiger partial charge in [-0.2, -0.15) is 0 Å². The lowest BCUT2D eigenvalue weighted by molar-refractivity contribution is -0.127. The molecule has 2 aliphatic rings. The van der Waals surface area contributed by atoms with Crippen molar-refractivity contribution in [3.8, 4) is 0 Å². The molecule has 2 rings (SSSR count). The van der Waals surface area contributed by atoms with E-state index >= 15 is 0 Å². The van der Waals surface area contributed by atoms with Crippen molar-refractivity contribution in [2.75, 3.05) is 0 Å². The van der Waals surface area contributed by atoms with Crippen LogP contribution >= 0.6 is 0 Å². The highest BCUT2D eigenvalue weighted by Crippen LogP contribution is 2.54. The van der Waals surface area contributed by atoms with Gasteiger partial charge in [0.05, 0.1) is 0 Å². The van der Waals surface area contributed by atoms with Gasteiger partial charge in [-0.25, -0.2) is 0 Å². The average molecular weight is 164 g/mol. The Labute approximate surface area is 73.8 Å². The molecule has 0 radical (unpaired) electrons. The Morgan fingerprint density at radius 1 is 1.58 bits per heavy atom. The third-order valence-corrected chi connectivity index (χ3v) is 3.92. The first-order chi connectivity index (χ1) is 5.55. The van der Waals surface area contributed by atoms with E-state index in [0.717, 1.165) is 12.8 Å². The zero-order chi connectivity index (χ0) is 8.93. The molecule has 0 aromatic carbocycles. The Hall–Kier alpha value is -0.590. The summed E-state index contributed by atoms with van der Waals surface area (Å²) in [5, 5.41) is 0. The van der Waals surface area contributed by atoms with Crippen molar-refractivity contribution in [3.05, 3.63) is 12.2 Å². The monoisotopic (exact) mass is 164 g/mol. The predicted molar refractivity (Wildman–Crippen MR) is 48.8 cm³/mol. The van der Waals surface area contributed by atoms with Crippen molar-refractivity contribution in [2.24, 2.45) is 17.3 Å². The van der Waals surface area contributed by atoms with Crippen molar-refractivity contribution in [1.29, 1.82) is 0 Å². The van der Waals surface area contributed by atoms with E-state index in [1.807, 2.05) is 0 Å². The number of rotatable bonds is 0. The minimum atomic E-state index is -0.142. The maximum atomic E-state index is 11.7. The molecular weight excluding hydrogens is 148 g/mol. The fourth-order valence-electron chi connectivity index (χ4n) is 2.79. The van der Waals surface area contributed by atoms with Crippen molar-refractivity contribution in [1.82, 2.24) is 0 Å². The zero-order valence-corrected chi connectivity index (χ0v) is 7.89. The number of hydrogen-bond donors (Lipinski definition) is 0. The lowest BCUT2D eigenvalue weighted by Gasteiger charge is -2.34. The van der Waals surface area contributed by atoms with Crippen LogP contribution in [0.2, 0.25) is 0 Å². The maximum absolute atomic E-state index is 11.7. The Bertz CT molecular complexity index is 254. The molecule has 0 aromatic heterocycles. The number of fused-ring (bicyclic) bond motifs is 2. The minimum Gasteiger partial charge on any atom is -0.299 e. The first-order valence-electron chi connectivity index (χ1n) is 4.78. The van der Waals surface area contributed by atoms with Gasteiger partial charge in [0.2, 0.25) is 0 Å². The Kier molecular flexibility index (Phi) is 1.48. The molecule has 0 aromatic rings. The molecule has 0 amide bonds. The van der Waals surface area contributed by atoms with E-state index in [1.54, 1.807) is 0 Å². The van der Waals surface area contributed by atoms with Crippen LogP contribution in [0.25, 0.3) is 0 Å². The van der Waals surface area contributed by atoms with E-state index in [-0.39, 0.29) is 5.41 Å². The summed E-state index contributed by atoms with van der Waals surface area (Å²) in [7, 11) is 0. The SMILES string of the molecule is C=C1C2CCC1(C)C(=O)CC2C. The van der Waals surface area contributed by atoms with E-state index in [2.05, 4.69) is 20.4 Å². The number of ketones is 1. The number of hydrogen-bond acceptors (Lipinski definition) is 1. The largest absolute Gasteiger partial charge is 0.299 e. The topological polar surface area (TPSA) is 17.1 Å². The van der Waals surface area contributed by atoms with E-state index in [0.29, 0.717) is 17.6 Å². The quantitative estimate of drug-likeness (QED) is 0.503. The van der Waals surface area contributed by atoms with Crippen molar-refractivity contribution < 1.29 is 4.79 Å². The van der Waals surface area contributed by atoms with Gasteiger partial charge in [0.1, 0.15) is 5.78 Å². The molecule has 0 saturated heterocycles. The summed E-state index contributed by atoms with van der Waals surface area (Å²) in [4.78, 5) is 11.7. The molecule has 0 aliphatic heterocycles. The highest BCUT2D eigenvalue weighted by molar-refractivity contribution is 5.89. The second-order valence-electron chi connectivity index (χ2n) is 4.61. The highest BCUT2D eigenvalue weighted by Gasteiger charge is 2.50.